The first-order valence-corrected chi connectivity index (χ1v) is 13.1. The third kappa shape index (κ3) is 5.70. The van der Waals surface area contributed by atoms with Gasteiger partial charge in [0.2, 0.25) is 0 Å². The molecule has 1 fully saturated rings. The number of ether oxygens (including phenoxy) is 1. The van der Waals surface area contributed by atoms with Crippen molar-refractivity contribution in [3.05, 3.63) is 64.1 Å². The van der Waals surface area contributed by atoms with Crippen LogP contribution >= 0.6 is 11.6 Å². The van der Waals surface area contributed by atoms with Gasteiger partial charge in [-0.1, -0.05) is 17.7 Å². The van der Waals surface area contributed by atoms with Crippen LogP contribution in [0.15, 0.2) is 47.7 Å². The van der Waals surface area contributed by atoms with Gasteiger partial charge in [0.25, 0.3) is 5.56 Å². The molecule has 1 amide bonds. The van der Waals surface area contributed by atoms with Crippen LogP contribution in [0.3, 0.4) is 0 Å². The molecule has 1 atom stereocenters. The molecular formula is C27H30ClN7O3. The number of carbonyl (C=O) groups excluding carboxylic acids is 1. The van der Waals surface area contributed by atoms with Gasteiger partial charge in [0, 0.05) is 19.3 Å². The Morgan fingerprint density at radius 1 is 1.16 bits per heavy atom. The van der Waals surface area contributed by atoms with Gasteiger partial charge in [0.1, 0.15) is 23.3 Å². The molecule has 0 unspecified atom stereocenters. The molecule has 3 aromatic heterocycles. The predicted molar refractivity (Wildman–Crippen MR) is 146 cm³/mol. The number of amides is 1. The lowest BCUT2D eigenvalue weighted by Crippen LogP contribution is -2.34. The molecule has 0 spiro atoms. The Morgan fingerprint density at radius 2 is 1.95 bits per heavy atom. The van der Waals surface area contributed by atoms with E-state index in [0.29, 0.717) is 52.6 Å². The molecule has 1 aliphatic carbocycles. The first-order chi connectivity index (χ1) is 18.2. The van der Waals surface area contributed by atoms with Crippen molar-refractivity contribution in [3.63, 3.8) is 0 Å². The number of halogens is 1. The number of anilines is 1. The largest absolute Gasteiger partial charge is 0.444 e. The highest BCUT2D eigenvalue weighted by molar-refractivity contribution is 6.35. The number of nitrogens with zero attached hydrogens (tertiary/aromatic N) is 5. The number of hydrogen-bond donors (Lipinski definition) is 2. The van der Waals surface area contributed by atoms with Crippen LogP contribution in [0, 0.1) is 5.92 Å². The van der Waals surface area contributed by atoms with Crippen molar-refractivity contribution in [3.8, 4) is 0 Å². The van der Waals surface area contributed by atoms with E-state index in [0.717, 1.165) is 18.4 Å². The number of aromatic nitrogens is 5. The van der Waals surface area contributed by atoms with E-state index in [1.165, 1.54) is 6.33 Å². The van der Waals surface area contributed by atoms with Gasteiger partial charge >= 0.3 is 6.09 Å². The number of benzene rings is 1. The molecule has 0 bridgehead atoms. The number of hydrogen-bond acceptors (Lipinski definition) is 8. The summed E-state index contributed by atoms with van der Waals surface area (Å²) in [4.78, 5) is 44.0. The van der Waals surface area contributed by atoms with E-state index in [9.17, 15) is 9.59 Å². The highest BCUT2D eigenvalue weighted by atomic mass is 35.5. The average molecular weight is 536 g/mol. The summed E-state index contributed by atoms with van der Waals surface area (Å²) in [7, 11) is 0. The maximum absolute atomic E-state index is 13.8. The zero-order valence-electron chi connectivity index (χ0n) is 21.6. The fraction of sp³-hybridized carbons (Fsp3) is 0.407. The molecule has 11 heteroatoms. The van der Waals surface area contributed by atoms with Crippen LogP contribution in [0.25, 0.3) is 21.9 Å². The summed E-state index contributed by atoms with van der Waals surface area (Å²) in [5, 5.41) is 7.01. The molecule has 1 saturated carbocycles. The average Bonchev–Trinajstić information content (AvgIpc) is 3.70. The SMILES string of the molecule is CC(C)(C)OC(=O)NCCCn1c([C@@H](Nc2ncnc3cccnc23)C2CC2)nc2cccc(Cl)c2c1=O. The van der Waals surface area contributed by atoms with Gasteiger partial charge in [-0.3, -0.25) is 14.3 Å². The summed E-state index contributed by atoms with van der Waals surface area (Å²) < 4.78 is 6.98. The number of rotatable bonds is 8. The second-order valence-corrected chi connectivity index (χ2v) is 10.8. The molecule has 0 aliphatic heterocycles. The normalized spacial score (nSPS) is 14.4. The van der Waals surface area contributed by atoms with Crippen molar-refractivity contribution in [1.82, 2.24) is 29.8 Å². The number of alkyl carbamates (subject to hydrolysis) is 1. The minimum absolute atomic E-state index is 0.217. The first kappa shape index (κ1) is 25.8. The monoisotopic (exact) mass is 535 g/mol. The summed E-state index contributed by atoms with van der Waals surface area (Å²) in [6.45, 7) is 6.11. The van der Waals surface area contributed by atoms with Gasteiger partial charge in [-0.25, -0.2) is 19.7 Å². The number of pyridine rings is 1. The smallest absolute Gasteiger partial charge is 0.407 e. The Bertz CT molecular complexity index is 1540. The van der Waals surface area contributed by atoms with Crippen molar-refractivity contribution in [2.45, 2.75) is 58.2 Å². The van der Waals surface area contributed by atoms with Crippen molar-refractivity contribution in [2.24, 2.45) is 5.92 Å². The maximum Gasteiger partial charge on any atom is 0.407 e. The molecule has 0 radical (unpaired) electrons. The van der Waals surface area contributed by atoms with Crippen molar-refractivity contribution in [1.29, 1.82) is 0 Å². The Hall–Kier alpha value is -3.79. The lowest BCUT2D eigenvalue weighted by molar-refractivity contribution is 0.0526. The zero-order valence-corrected chi connectivity index (χ0v) is 22.3. The van der Waals surface area contributed by atoms with Gasteiger partial charge in [-0.15, -0.1) is 0 Å². The summed E-state index contributed by atoms with van der Waals surface area (Å²) in [6, 6.07) is 8.71. The van der Waals surface area contributed by atoms with E-state index in [4.69, 9.17) is 21.3 Å². The van der Waals surface area contributed by atoms with Crippen LogP contribution in [0.2, 0.25) is 5.02 Å². The summed E-state index contributed by atoms with van der Waals surface area (Å²) in [5.41, 5.74) is 1.12. The van der Waals surface area contributed by atoms with Gasteiger partial charge in [0.15, 0.2) is 5.82 Å². The second-order valence-electron chi connectivity index (χ2n) is 10.4. The maximum atomic E-state index is 13.8. The molecule has 0 saturated heterocycles. The van der Waals surface area contributed by atoms with Crippen molar-refractivity contribution in [2.75, 3.05) is 11.9 Å². The Balaban J connectivity index is 1.49. The van der Waals surface area contributed by atoms with Crippen LogP contribution in [0.1, 0.15) is 51.9 Å². The fourth-order valence-corrected chi connectivity index (χ4v) is 4.66. The van der Waals surface area contributed by atoms with Crippen LogP contribution in [-0.4, -0.2) is 42.7 Å². The van der Waals surface area contributed by atoms with E-state index in [-0.39, 0.29) is 17.5 Å². The summed E-state index contributed by atoms with van der Waals surface area (Å²) >= 11 is 6.43. The second kappa shape index (κ2) is 10.5. The first-order valence-electron chi connectivity index (χ1n) is 12.7. The minimum Gasteiger partial charge on any atom is -0.444 e. The van der Waals surface area contributed by atoms with E-state index in [1.807, 2.05) is 32.9 Å². The van der Waals surface area contributed by atoms with E-state index >= 15 is 0 Å². The summed E-state index contributed by atoms with van der Waals surface area (Å²) in [6.07, 6.45) is 5.20. The molecule has 2 N–H and O–H groups in total. The number of carbonyl (C=O) groups is 1. The molecule has 38 heavy (non-hydrogen) atoms. The fourth-order valence-electron chi connectivity index (χ4n) is 4.40. The van der Waals surface area contributed by atoms with Gasteiger partial charge in [-0.05, 0) is 70.2 Å². The zero-order chi connectivity index (χ0) is 26.9. The van der Waals surface area contributed by atoms with Gasteiger partial charge < -0.3 is 15.4 Å². The Morgan fingerprint density at radius 3 is 2.71 bits per heavy atom. The lowest BCUT2D eigenvalue weighted by atomic mass is 10.1. The van der Waals surface area contributed by atoms with Crippen LogP contribution in [-0.2, 0) is 11.3 Å². The third-order valence-electron chi connectivity index (χ3n) is 6.25. The van der Waals surface area contributed by atoms with E-state index in [2.05, 4.69) is 25.6 Å². The third-order valence-corrected chi connectivity index (χ3v) is 6.56. The van der Waals surface area contributed by atoms with Crippen LogP contribution in [0.4, 0.5) is 10.6 Å². The molecule has 1 aliphatic rings. The standard InChI is InChI=1S/C27H30ClN7O3/c1-27(2,3)38-26(37)30-13-6-14-35-24(33-18-8-4-7-17(28)20(18)25(35)36)21(16-10-11-16)34-23-22-19(31-15-32-23)9-5-12-29-22/h4-5,7-9,12,15-16,21H,6,10-11,13-14H2,1-3H3,(H,30,37)(H,31,32,34)/t21-/m0/s1. The molecule has 3 heterocycles. The summed E-state index contributed by atoms with van der Waals surface area (Å²) in [5.74, 6) is 1.47. The quantitative estimate of drug-likeness (QED) is 0.306. The molecule has 1 aromatic carbocycles. The molecule has 198 valence electrons. The highest BCUT2D eigenvalue weighted by Crippen LogP contribution is 2.42. The Kier molecular flexibility index (Phi) is 7.16. The minimum atomic E-state index is -0.587. The van der Waals surface area contributed by atoms with E-state index < -0.39 is 11.7 Å². The van der Waals surface area contributed by atoms with Gasteiger partial charge in [-0.2, -0.15) is 0 Å². The van der Waals surface area contributed by atoms with E-state index in [1.54, 1.807) is 29.0 Å². The molecule has 5 rings (SSSR count). The van der Waals surface area contributed by atoms with Crippen molar-refractivity contribution >= 4 is 45.4 Å². The van der Waals surface area contributed by atoms with Crippen LogP contribution in [0.5, 0.6) is 0 Å². The number of fused-ring (bicyclic) bond motifs is 2. The molecule has 4 aromatic rings. The lowest BCUT2D eigenvalue weighted by Gasteiger charge is -2.23. The van der Waals surface area contributed by atoms with Crippen LogP contribution < -0.4 is 16.2 Å². The number of nitrogens with one attached hydrogen (secondary N) is 2. The topological polar surface area (TPSA) is 124 Å². The Labute approximate surface area is 224 Å². The van der Waals surface area contributed by atoms with Crippen molar-refractivity contribution < 1.29 is 9.53 Å². The highest BCUT2D eigenvalue weighted by Gasteiger charge is 2.36. The predicted octanol–water partition coefficient (Wildman–Crippen LogP) is 4.87. The molecular weight excluding hydrogens is 506 g/mol. The van der Waals surface area contributed by atoms with Gasteiger partial charge in [0.05, 0.1) is 27.5 Å². The molecule has 10 nitrogen and oxygen atoms in total.